The maximum Gasteiger partial charge on any atom is 0.199 e. The Morgan fingerprint density at radius 1 is 1.11 bits per heavy atom. The van der Waals surface area contributed by atoms with Crippen LogP contribution in [0.4, 0.5) is 5.82 Å². The van der Waals surface area contributed by atoms with Crippen LogP contribution in [0.25, 0.3) is 11.6 Å². The molecule has 18 heavy (non-hydrogen) atoms. The first kappa shape index (κ1) is 12.4. The molecule has 2 heterocycles. The molecule has 94 valence electrons. The zero-order chi connectivity index (χ0) is 13.0. The summed E-state index contributed by atoms with van der Waals surface area (Å²) in [7, 11) is 1.84. The second-order valence-corrected chi connectivity index (χ2v) is 4.49. The van der Waals surface area contributed by atoms with Gasteiger partial charge in [-0.3, -0.25) is 0 Å². The van der Waals surface area contributed by atoms with Crippen LogP contribution in [0, 0.1) is 5.92 Å². The Bertz CT molecular complexity index is 510. The minimum Gasteiger partial charge on any atom is -0.373 e. The average molecular weight is 243 g/mol. The molecule has 1 N–H and O–H groups in total. The van der Waals surface area contributed by atoms with E-state index in [4.69, 9.17) is 0 Å². The van der Waals surface area contributed by atoms with E-state index in [1.807, 2.05) is 13.1 Å². The van der Waals surface area contributed by atoms with Gasteiger partial charge < -0.3 is 5.32 Å². The van der Waals surface area contributed by atoms with Gasteiger partial charge in [0.1, 0.15) is 5.82 Å². The van der Waals surface area contributed by atoms with Crippen molar-refractivity contribution in [1.82, 2.24) is 19.9 Å². The third-order valence-electron chi connectivity index (χ3n) is 2.42. The van der Waals surface area contributed by atoms with Gasteiger partial charge in [0.05, 0.1) is 0 Å². The molecule has 5 nitrogen and oxygen atoms in total. The molecule has 0 atom stereocenters. The van der Waals surface area contributed by atoms with Crippen LogP contribution in [0.5, 0.6) is 0 Å². The van der Waals surface area contributed by atoms with Gasteiger partial charge in [-0.15, -0.1) is 0 Å². The zero-order valence-electron chi connectivity index (χ0n) is 10.9. The van der Waals surface area contributed by atoms with E-state index in [1.165, 1.54) is 0 Å². The highest BCUT2D eigenvalue weighted by molar-refractivity contribution is 5.48. The largest absolute Gasteiger partial charge is 0.373 e. The van der Waals surface area contributed by atoms with Gasteiger partial charge in [-0.05, 0) is 18.4 Å². The SMILES string of the molecule is CNc1cc(CC(C)C)nc(-c2ncccn2)n1. The molecular formula is C13H17N5. The Morgan fingerprint density at radius 2 is 1.83 bits per heavy atom. The van der Waals surface area contributed by atoms with Crippen molar-refractivity contribution in [2.45, 2.75) is 20.3 Å². The number of nitrogens with one attached hydrogen (secondary N) is 1. The van der Waals surface area contributed by atoms with Gasteiger partial charge in [-0.2, -0.15) is 0 Å². The number of aromatic nitrogens is 4. The second-order valence-electron chi connectivity index (χ2n) is 4.49. The van der Waals surface area contributed by atoms with Gasteiger partial charge in [0.2, 0.25) is 0 Å². The lowest BCUT2D eigenvalue weighted by Crippen LogP contribution is -2.05. The maximum atomic E-state index is 4.52. The highest BCUT2D eigenvalue weighted by atomic mass is 15.0. The van der Waals surface area contributed by atoms with Crippen molar-refractivity contribution in [2.75, 3.05) is 12.4 Å². The quantitative estimate of drug-likeness (QED) is 0.891. The predicted molar refractivity (Wildman–Crippen MR) is 71.1 cm³/mol. The molecule has 0 aromatic carbocycles. The van der Waals surface area contributed by atoms with Gasteiger partial charge in [0.15, 0.2) is 11.6 Å². The summed E-state index contributed by atoms with van der Waals surface area (Å²) in [5.74, 6) is 2.47. The van der Waals surface area contributed by atoms with Gasteiger partial charge in [0, 0.05) is 31.2 Å². The summed E-state index contributed by atoms with van der Waals surface area (Å²) in [5.41, 5.74) is 1.01. The molecule has 0 saturated carbocycles. The molecule has 0 amide bonds. The molecular weight excluding hydrogens is 226 g/mol. The molecule has 0 aliphatic rings. The van der Waals surface area contributed by atoms with Crippen molar-refractivity contribution < 1.29 is 0 Å². The van der Waals surface area contributed by atoms with E-state index in [9.17, 15) is 0 Å². The van der Waals surface area contributed by atoms with E-state index in [-0.39, 0.29) is 0 Å². The van der Waals surface area contributed by atoms with Gasteiger partial charge in [-0.1, -0.05) is 13.8 Å². The monoisotopic (exact) mass is 243 g/mol. The first-order chi connectivity index (χ1) is 8.69. The van der Waals surface area contributed by atoms with Crippen LogP contribution in [0.15, 0.2) is 24.5 Å². The van der Waals surface area contributed by atoms with Crippen LogP contribution in [-0.2, 0) is 6.42 Å². The van der Waals surface area contributed by atoms with Crippen LogP contribution >= 0.6 is 0 Å². The van der Waals surface area contributed by atoms with Crippen molar-refractivity contribution >= 4 is 5.82 Å². The van der Waals surface area contributed by atoms with E-state index in [0.717, 1.165) is 17.9 Å². The van der Waals surface area contributed by atoms with Crippen LogP contribution < -0.4 is 5.32 Å². The minimum absolute atomic E-state index is 0.550. The summed E-state index contributed by atoms with van der Waals surface area (Å²) in [6.45, 7) is 4.33. The molecule has 0 fully saturated rings. The summed E-state index contributed by atoms with van der Waals surface area (Å²) in [6.07, 6.45) is 4.30. The number of rotatable bonds is 4. The molecule has 0 radical (unpaired) electrons. The molecule has 2 aromatic heterocycles. The normalized spacial score (nSPS) is 10.7. The fraction of sp³-hybridized carbons (Fsp3) is 0.385. The van der Waals surface area contributed by atoms with Crippen LogP contribution in [0.3, 0.4) is 0 Å². The maximum absolute atomic E-state index is 4.52. The first-order valence-corrected chi connectivity index (χ1v) is 6.02. The molecule has 0 saturated heterocycles. The molecule has 0 bridgehead atoms. The zero-order valence-corrected chi connectivity index (χ0v) is 10.9. The predicted octanol–water partition coefficient (Wildman–Crippen LogP) is 2.17. The fourth-order valence-electron chi connectivity index (χ4n) is 1.66. The lowest BCUT2D eigenvalue weighted by atomic mass is 10.1. The minimum atomic E-state index is 0.550. The summed E-state index contributed by atoms with van der Waals surface area (Å²) < 4.78 is 0. The van der Waals surface area contributed by atoms with E-state index < -0.39 is 0 Å². The Labute approximate surface area is 107 Å². The average Bonchev–Trinajstić information content (AvgIpc) is 2.38. The smallest absolute Gasteiger partial charge is 0.199 e. The molecule has 5 heteroatoms. The highest BCUT2D eigenvalue weighted by Gasteiger charge is 2.09. The number of hydrogen-bond acceptors (Lipinski definition) is 5. The standard InChI is InChI=1S/C13H17N5/c1-9(2)7-10-8-11(14-3)18-13(17-10)12-15-5-4-6-16-12/h4-6,8-9H,7H2,1-3H3,(H,14,17,18). The van der Waals surface area contributed by atoms with Crippen LogP contribution in [0.1, 0.15) is 19.5 Å². The van der Waals surface area contributed by atoms with Crippen molar-refractivity contribution in [2.24, 2.45) is 5.92 Å². The first-order valence-electron chi connectivity index (χ1n) is 6.02. The van der Waals surface area contributed by atoms with Gasteiger partial charge >= 0.3 is 0 Å². The van der Waals surface area contributed by atoms with Crippen LogP contribution in [0.2, 0.25) is 0 Å². The van der Waals surface area contributed by atoms with Crippen molar-refractivity contribution in [3.05, 3.63) is 30.2 Å². The van der Waals surface area contributed by atoms with Gasteiger partial charge in [0.25, 0.3) is 0 Å². The Morgan fingerprint density at radius 3 is 2.44 bits per heavy atom. The highest BCUT2D eigenvalue weighted by Crippen LogP contribution is 2.15. The Kier molecular flexibility index (Phi) is 3.82. The van der Waals surface area contributed by atoms with E-state index >= 15 is 0 Å². The lowest BCUT2D eigenvalue weighted by Gasteiger charge is -2.08. The fourth-order valence-corrected chi connectivity index (χ4v) is 1.66. The van der Waals surface area contributed by atoms with E-state index in [0.29, 0.717) is 17.6 Å². The summed E-state index contributed by atoms with van der Waals surface area (Å²) in [4.78, 5) is 17.3. The lowest BCUT2D eigenvalue weighted by molar-refractivity contribution is 0.634. The van der Waals surface area contributed by atoms with Crippen LogP contribution in [-0.4, -0.2) is 27.0 Å². The third kappa shape index (κ3) is 3.00. The molecule has 2 aromatic rings. The molecule has 0 aliphatic heterocycles. The summed E-state index contributed by atoms with van der Waals surface area (Å²) in [5, 5.41) is 3.04. The molecule has 0 unspecified atom stereocenters. The Hall–Kier alpha value is -2.04. The molecule has 2 rings (SSSR count). The topological polar surface area (TPSA) is 63.6 Å². The number of hydrogen-bond donors (Lipinski definition) is 1. The van der Waals surface area contributed by atoms with Crippen molar-refractivity contribution in [3.8, 4) is 11.6 Å². The number of nitrogens with zero attached hydrogens (tertiary/aromatic N) is 4. The summed E-state index contributed by atoms with van der Waals surface area (Å²) in [6, 6.07) is 3.74. The molecule has 0 aliphatic carbocycles. The second kappa shape index (κ2) is 5.53. The van der Waals surface area contributed by atoms with E-state index in [1.54, 1.807) is 18.5 Å². The summed E-state index contributed by atoms with van der Waals surface area (Å²) >= 11 is 0. The Balaban J connectivity index is 2.41. The van der Waals surface area contributed by atoms with E-state index in [2.05, 4.69) is 39.1 Å². The van der Waals surface area contributed by atoms with Crippen molar-refractivity contribution in [3.63, 3.8) is 0 Å². The number of anilines is 1. The molecule has 0 spiro atoms. The van der Waals surface area contributed by atoms with Gasteiger partial charge in [-0.25, -0.2) is 19.9 Å². The third-order valence-corrected chi connectivity index (χ3v) is 2.42. The van der Waals surface area contributed by atoms with Crippen molar-refractivity contribution in [1.29, 1.82) is 0 Å².